The van der Waals surface area contributed by atoms with Crippen molar-refractivity contribution in [1.82, 2.24) is 4.90 Å². The van der Waals surface area contributed by atoms with E-state index in [-0.39, 0.29) is 5.78 Å². The minimum atomic E-state index is 0.113. The summed E-state index contributed by atoms with van der Waals surface area (Å²) in [5.41, 5.74) is 3.79. The van der Waals surface area contributed by atoms with Crippen molar-refractivity contribution in [3.63, 3.8) is 0 Å². The van der Waals surface area contributed by atoms with Gasteiger partial charge >= 0.3 is 0 Å². The molecule has 0 spiro atoms. The fourth-order valence-corrected chi connectivity index (χ4v) is 2.74. The number of rotatable bonds is 3. The number of likely N-dealkylation sites (N-methyl/N-ethyl adjacent to an activating group) is 1. The molecule has 1 heterocycles. The lowest BCUT2D eigenvalue weighted by Gasteiger charge is -2.35. The molecule has 0 radical (unpaired) electrons. The van der Waals surface area contributed by atoms with E-state index in [2.05, 4.69) is 24.1 Å². The van der Waals surface area contributed by atoms with Gasteiger partial charge in [-0.3, -0.25) is 9.69 Å². The van der Waals surface area contributed by atoms with E-state index in [1.807, 2.05) is 13.0 Å². The molecule has 0 aliphatic carbocycles. The summed E-state index contributed by atoms with van der Waals surface area (Å²) in [4.78, 5) is 13.5. The Hall–Kier alpha value is -1.61. The summed E-state index contributed by atoms with van der Waals surface area (Å²) in [5.74, 6) is 1.01. The van der Waals surface area contributed by atoms with Gasteiger partial charge in [0.05, 0.1) is 7.11 Å². The van der Waals surface area contributed by atoms with Gasteiger partial charge in [0.2, 0.25) is 0 Å². The van der Waals surface area contributed by atoms with Gasteiger partial charge in [0.15, 0.2) is 5.78 Å². The number of fused-ring (bicyclic) bond motifs is 1. The van der Waals surface area contributed by atoms with Crippen LogP contribution in [0.25, 0.3) is 0 Å². The standard InChI is InChI=1S/C16H21NO2/c1-11(7-12(2)18)16-9-14-8-15(19-4)6-5-13(14)10-17(16)3/h5-8,16H,9-10H2,1-4H3/b11-7+. The molecule has 1 aromatic carbocycles. The van der Waals surface area contributed by atoms with Gasteiger partial charge in [0.1, 0.15) is 5.75 Å². The van der Waals surface area contributed by atoms with Crippen molar-refractivity contribution in [1.29, 1.82) is 0 Å². The van der Waals surface area contributed by atoms with Crippen LogP contribution in [0.3, 0.4) is 0 Å². The molecule has 1 atom stereocenters. The Labute approximate surface area is 114 Å². The van der Waals surface area contributed by atoms with Crippen LogP contribution in [0, 0.1) is 0 Å². The quantitative estimate of drug-likeness (QED) is 0.781. The summed E-state index contributed by atoms with van der Waals surface area (Å²) in [7, 11) is 3.80. The van der Waals surface area contributed by atoms with Gasteiger partial charge in [-0.05, 0) is 56.7 Å². The summed E-state index contributed by atoms with van der Waals surface area (Å²) in [6.45, 7) is 4.55. The Kier molecular flexibility index (Phi) is 4.05. The third-order valence-corrected chi connectivity index (χ3v) is 3.74. The van der Waals surface area contributed by atoms with Crippen molar-refractivity contribution >= 4 is 5.78 Å². The molecule has 3 nitrogen and oxygen atoms in total. The normalized spacial score (nSPS) is 20.0. The molecule has 1 unspecified atom stereocenters. The number of carbonyl (C=O) groups excluding carboxylic acids is 1. The number of methoxy groups -OCH3 is 1. The van der Waals surface area contributed by atoms with Crippen molar-refractivity contribution in [2.75, 3.05) is 14.2 Å². The summed E-state index contributed by atoms with van der Waals surface area (Å²) < 4.78 is 5.29. The van der Waals surface area contributed by atoms with E-state index >= 15 is 0 Å². The molecular weight excluding hydrogens is 238 g/mol. The van der Waals surface area contributed by atoms with Crippen LogP contribution in [0.5, 0.6) is 5.75 Å². The third kappa shape index (κ3) is 3.04. The molecular formula is C16H21NO2. The van der Waals surface area contributed by atoms with Gasteiger partial charge in [-0.15, -0.1) is 0 Å². The molecule has 1 aliphatic heterocycles. The minimum absolute atomic E-state index is 0.113. The predicted molar refractivity (Wildman–Crippen MR) is 76.4 cm³/mol. The van der Waals surface area contributed by atoms with Crippen LogP contribution in [0.4, 0.5) is 0 Å². The lowest BCUT2D eigenvalue weighted by atomic mass is 9.90. The highest BCUT2D eigenvalue weighted by Crippen LogP contribution is 2.28. The average Bonchev–Trinajstić information content (AvgIpc) is 2.36. The van der Waals surface area contributed by atoms with Crippen molar-refractivity contribution in [3.8, 4) is 5.75 Å². The van der Waals surface area contributed by atoms with Crippen molar-refractivity contribution in [2.24, 2.45) is 0 Å². The molecule has 0 saturated heterocycles. The van der Waals surface area contributed by atoms with Crippen LogP contribution in [-0.4, -0.2) is 30.9 Å². The van der Waals surface area contributed by atoms with Crippen LogP contribution in [0.15, 0.2) is 29.8 Å². The van der Waals surface area contributed by atoms with Crippen LogP contribution in [0.2, 0.25) is 0 Å². The van der Waals surface area contributed by atoms with Gasteiger partial charge < -0.3 is 4.74 Å². The number of ether oxygens (including phenoxy) is 1. The first-order valence-corrected chi connectivity index (χ1v) is 6.56. The molecule has 2 rings (SSSR count). The van der Waals surface area contributed by atoms with Crippen LogP contribution < -0.4 is 4.74 Å². The molecule has 0 saturated carbocycles. The van der Waals surface area contributed by atoms with Crippen LogP contribution in [-0.2, 0) is 17.8 Å². The number of hydrogen-bond donors (Lipinski definition) is 0. The van der Waals surface area contributed by atoms with E-state index in [0.29, 0.717) is 6.04 Å². The highest BCUT2D eigenvalue weighted by Gasteiger charge is 2.24. The van der Waals surface area contributed by atoms with E-state index in [4.69, 9.17) is 4.74 Å². The van der Waals surface area contributed by atoms with E-state index < -0.39 is 0 Å². The summed E-state index contributed by atoms with van der Waals surface area (Å²) in [5, 5.41) is 0. The second-order valence-corrected chi connectivity index (χ2v) is 5.27. The lowest BCUT2D eigenvalue weighted by Crippen LogP contribution is -2.38. The SMILES string of the molecule is COc1ccc2c(c1)CC(/C(C)=C/C(C)=O)N(C)C2. The van der Waals surface area contributed by atoms with Gasteiger partial charge in [-0.25, -0.2) is 0 Å². The van der Waals surface area contributed by atoms with Gasteiger partial charge in [-0.2, -0.15) is 0 Å². The molecule has 1 aromatic rings. The first kappa shape index (κ1) is 13.8. The molecule has 102 valence electrons. The topological polar surface area (TPSA) is 29.5 Å². The van der Waals surface area contributed by atoms with Gasteiger partial charge in [-0.1, -0.05) is 11.6 Å². The third-order valence-electron chi connectivity index (χ3n) is 3.74. The zero-order chi connectivity index (χ0) is 14.0. The van der Waals surface area contributed by atoms with E-state index in [0.717, 1.165) is 24.3 Å². The Morgan fingerprint density at radius 3 is 2.74 bits per heavy atom. The largest absolute Gasteiger partial charge is 0.497 e. The summed E-state index contributed by atoms with van der Waals surface area (Å²) in [6, 6.07) is 6.54. The fraction of sp³-hybridized carbons (Fsp3) is 0.438. The van der Waals surface area contributed by atoms with Crippen LogP contribution >= 0.6 is 0 Å². The maximum atomic E-state index is 11.2. The monoisotopic (exact) mass is 259 g/mol. The van der Waals surface area contributed by atoms with E-state index in [1.54, 1.807) is 20.1 Å². The number of nitrogens with zero attached hydrogens (tertiary/aromatic N) is 1. The number of benzene rings is 1. The zero-order valence-corrected chi connectivity index (χ0v) is 12.1. The van der Waals surface area contributed by atoms with Gasteiger partial charge in [0, 0.05) is 12.6 Å². The molecule has 0 N–H and O–H groups in total. The molecule has 0 amide bonds. The Bertz CT molecular complexity index is 519. The second kappa shape index (κ2) is 5.57. The van der Waals surface area contributed by atoms with Gasteiger partial charge in [0.25, 0.3) is 0 Å². The number of ketones is 1. The average molecular weight is 259 g/mol. The fourth-order valence-electron chi connectivity index (χ4n) is 2.74. The smallest absolute Gasteiger partial charge is 0.152 e. The highest BCUT2D eigenvalue weighted by atomic mass is 16.5. The minimum Gasteiger partial charge on any atom is -0.497 e. The zero-order valence-electron chi connectivity index (χ0n) is 12.1. The number of carbonyl (C=O) groups is 1. The molecule has 0 aromatic heterocycles. The Morgan fingerprint density at radius 2 is 2.11 bits per heavy atom. The summed E-state index contributed by atoms with van der Waals surface area (Å²) >= 11 is 0. The number of hydrogen-bond acceptors (Lipinski definition) is 3. The maximum absolute atomic E-state index is 11.2. The van der Waals surface area contributed by atoms with Crippen LogP contribution in [0.1, 0.15) is 25.0 Å². The van der Waals surface area contributed by atoms with Crippen molar-refractivity contribution in [2.45, 2.75) is 32.9 Å². The molecule has 1 aliphatic rings. The second-order valence-electron chi connectivity index (χ2n) is 5.27. The van der Waals surface area contributed by atoms with Crippen molar-refractivity contribution < 1.29 is 9.53 Å². The predicted octanol–water partition coefficient (Wildman–Crippen LogP) is 2.59. The Morgan fingerprint density at radius 1 is 1.37 bits per heavy atom. The first-order chi connectivity index (χ1) is 9.01. The highest BCUT2D eigenvalue weighted by molar-refractivity contribution is 5.88. The van der Waals surface area contributed by atoms with Crippen molar-refractivity contribution in [3.05, 3.63) is 41.0 Å². The molecule has 3 heteroatoms. The van der Waals surface area contributed by atoms with E-state index in [9.17, 15) is 4.79 Å². The summed E-state index contributed by atoms with van der Waals surface area (Å²) in [6.07, 6.45) is 2.67. The van der Waals surface area contributed by atoms with E-state index in [1.165, 1.54) is 11.1 Å². The first-order valence-electron chi connectivity index (χ1n) is 6.56. The maximum Gasteiger partial charge on any atom is 0.152 e. The molecule has 0 bridgehead atoms. The molecule has 19 heavy (non-hydrogen) atoms. The molecule has 0 fully saturated rings. The number of allylic oxidation sites excluding steroid dienone is 1. The lowest BCUT2D eigenvalue weighted by molar-refractivity contribution is -0.112. The Balaban J connectivity index is 2.29.